The summed E-state index contributed by atoms with van der Waals surface area (Å²) in [7, 11) is 4.38. The quantitative estimate of drug-likeness (QED) is 0.165. The smallest absolute Gasteiger partial charge is 0.255 e. The fourth-order valence-electron chi connectivity index (χ4n) is 9.27. The summed E-state index contributed by atoms with van der Waals surface area (Å²) >= 11 is 0. The standard InChI is InChI=1S/C50H35N6O/c1-52-41-19-6-3-17-36(41)39-30-40-37-18-4-7-20-42(37)53(2)49(40)50(48(39)52)55-31-54(44-22-9-10-23-45(44)55)32-14-13-15-33(28-32)57-34-25-26-38-35-16-5-8-21-43(35)56(46(38)29-34)47-24-11-12-27-51-47/h3-31H,1-2H3/q+1. The Labute approximate surface area is 327 Å². The maximum atomic E-state index is 6.69. The van der Waals surface area contributed by atoms with E-state index in [4.69, 9.17) is 9.72 Å². The fourth-order valence-corrected chi connectivity index (χ4v) is 9.27. The minimum absolute atomic E-state index is 0.753. The van der Waals surface area contributed by atoms with Gasteiger partial charge >= 0.3 is 0 Å². The van der Waals surface area contributed by atoms with Crippen LogP contribution >= 0.6 is 0 Å². The summed E-state index contributed by atoms with van der Waals surface area (Å²) in [5.74, 6) is 2.38. The largest absolute Gasteiger partial charge is 0.457 e. The highest BCUT2D eigenvalue weighted by molar-refractivity contribution is 6.21. The third-order valence-corrected chi connectivity index (χ3v) is 11.8. The third-order valence-electron chi connectivity index (χ3n) is 11.8. The van der Waals surface area contributed by atoms with Crippen LogP contribution in [0.2, 0.25) is 0 Å². The van der Waals surface area contributed by atoms with Gasteiger partial charge in [-0.25, -0.2) is 4.98 Å². The van der Waals surface area contributed by atoms with Gasteiger partial charge in [0.25, 0.3) is 6.33 Å². The predicted octanol–water partition coefficient (Wildman–Crippen LogP) is 11.5. The zero-order valence-electron chi connectivity index (χ0n) is 31.3. The van der Waals surface area contributed by atoms with Crippen molar-refractivity contribution in [3.63, 3.8) is 0 Å². The average Bonchev–Trinajstić information content (AvgIpc) is 3.98. The summed E-state index contributed by atoms with van der Waals surface area (Å²) < 4.78 is 18.3. The molecule has 0 radical (unpaired) electrons. The zero-order chi connectivity index (χ0) is 37.8. The molecule has 7 aromatic carbocycles. The van der Waals surface area contributed by atoms with E-state index in [2.05, 4.69) is 183 Å². The minimum Gasteiger partial charge on any atom is -0.457 e. The van der Waals surface area contributed by atoms with Crippen molar-refractivity contribution in [3.8, 4) is 28.7 Å². The van der Waals surface area contributed by atoms with Gasteiger partial charge in [0.2, 0.25) is 0 Å². The molecule has 0 saturated carbocycles. The number of fused-ring (bicyclic) bond motifs is 10. The van der Waals surface area contributed by atoms with E-state index in [-0.39, 0.29) is 0 Å². The molecule has 0 fully saturated rings. The van der Waals surface area contributed by atoms with E-state index in [0.29, 0.717) is 0 Å². The maximum absolute atomic E-state index is 6.69. The number of pyridine rings is 1. The molecule has 0 amide bonds. The molecule has 5 aromatic heterocycles. The molecule has 0 bridgehead atoms. The lowest BCUT2D eigenvalue weighted by molar-refractivity contribution is -0.564. The monoisotopic (exact) mass is 735 g/mol. The Morgan fingerprint density at radius 1 is 0.474 bits per heavy atom. The Bertz CT molecular complexity index is 3490. The molecule has 57 heavy (non-hydrogen) atoms. The summed E-state index contributed by atoms with van der Waals surface area (Å²) in [6.07, 6.45) is 4.08. The van der Waals surface area contributed by atoms with Gasteiger partial charge in [-0.3, -0.25) is 4.57 Å². The van der Waals surface area contributed by atoms with Crippen molar-refractivity contribution in [1.82, 2.24) is 23.3 Å². The molecule has 12 aromatic rings. The van der Waals surface area contributed by atoms with Crippen LogP contribution in [-0.4, -0.2) is 23.3 Å². The molecule has 0 spiro atoms. The second-order valence-corrected chi connectivity index (χ2v) is 14.8. The highest BCUT2D eigenvalue weighted by Gasteiger charge is 2.28. The number of rotatable bonds is 5. The molecule has 0 aliphatic heterocycles. The lowest BCUT2D eigenvalue weighted by Crippen LogP contribution is -2.30. The Kier molecular flexibility index (Phi) is 6.63. The van der Waals surface area contributed by atoms with Crippen LogP contribution in [0.15, 0.2) is 176 Å². The number of benzene rings is 7. The van der Waals surface area contributed by atoms with Crippen LogP contribution in [0.4, 0.5) is 0 Å². The maximum Gasteiger partial charge on any atom is 0.255 e. The molecule has 12 rings (SSSR count). The lowest BCUT2D eigenvalue weighted by Gasteiger charge is -2.09. The van der Waals surface area contributed by atoms with Crippen LogP contribution in [0.25, 0.3) is 93.6 Å². The summed E-state index contributed by atoms with van der Waals surface area (Å²) in [6.45, 7) is 0. The molecule has 0 aliphatic carbocycles. The molecule has 0 saturated heterocycles. The van der Waals surface area contributed by atoms with E-state index in [1.54, 1.807) is 0 Å². The van der Waals surface area contributed by atoms with Gasteiger partial charge in [-0.2, -0.15) is 9.13 Å². The molecular formula is C50H35N6O+. The first kappa shape index (κ1) is 31.7. The van der Waals surface area contributed by atoms with Gasteiger partial charge in [0.15, 0.2) is 16.7 Å². The number of hydrogen-bond acceptors (Lipinski definition) is 2. The molecule has 0 N–H and O–H groups in total. The minimum atomic E-state index is 0.753. The normalized spacial score (nSPS) is 12.0. The summed E-state index contributed by atoms with van der Waals surface area (Å²) in [5.41, 5.74) is 11.3. The molecular weight excluding hydrogens is 701 g/mol. The fraction of sp³-hybridized carbons (Fsp3) is 0.0400. The van der Waals surface area contributed by atoms with Crippen molar-refractivity contribution in [3.05, 3.63) is 176 Å². The first-order valence-electron chi connectivity index (χ1n) is 19.2. The topological polar surface area (TPSA) is 45.7 Å². The Balaban J connectivity index is 1.04. The summed E-state index contributed by atoms with van der Waals surface area (Å²) in [5, 5.41) is 7.32. The van der Waals surface area contributed by atoms with Crippen LogP contribution in [0.3, 0.4) is 0 Å². The number of imidazole rings is 1. The molecule has 5 heterocycles. The number of aryl methyl sites for hydroxylation is 2. The highest BCUT2D eigenvalue weighted by Crippen LogP contribution is 2.41. The van der Waals surface area contributed by atoms with Gasteiger partial charge in [-0.15, -0.1) is 0 Å². The second-order valence-electron chi connectivity index (χ2n) is 14.8. The Hall–Kier alpha value is -7.64. The Morgan fingerprint density at radius 3 is 1.77 bits per heavy atom. The van der Waals surface area contributed by atoms with E-state index >= 15 is 0 Å². The molecule has 0 unspecified atom stereocenters. The van der Waals surface area contributed by atoms with Gasteiger partial charge in [0.05, 0.1) is 22.1 Å². The van der Waals surface area contributed by atoms with Crippen molar-refractivity contribution < 1.29 is 9.30 Å². The van der Waals surface area contributed by atoms with Crippen molar-refractivity contribution in [2.45, 2.75) is 0 Å². The van der Waals surface area contributed by atoms with Crippen LogP contribution in [0.1, 0.15) is 0 Å². The molecule has 0 atom stereocenters. The number of ether oxygens (including phenoxy) is 1. The SMILES string of the molecule is Cn1c2ccccc2c2cc3c4ccccc4n(C)c3c(-[n+]3cn(-c4cccc(Oc5ccc6c7ccccc7n(-c7ccccn7)c6c5)c4)c4ccccc43)c21. The summed E-state index contributed by atoms with van der Waals surface area (Å²) in [4.78, 5) is 4.71. The van der Waals surface area contributed by atoms with Crippen molar-refractivity contribution in [2.24, 2.45) is 14.1 Å². The second kappa shape index (κ2) is 11.9. The number of hydrogen-bond donors (Lipinski definition) is 0. The van der Waals surface area contributed by atoms with Gasteiger partial charge in [-0.1, -0.05) is 78.9 Å². The molecule has 7 heteroatoms. The number of nitrogens with zero attached hydrogens (tertiary/aromatic N) is 6. The van der Waals surface area contributed by atoms with Gasteiger partial charge in [-0.05, 0) is 72.8 Å². The van der Waals surface area contributed by atoms with E-state index in [9.17, 15) is 0 Å². The van der Waals surface area contributed by atoms with Crippen LogP contribution < -0.4 is 9.30 Å². The predicted molar refractivity (Wildman–Crippen MR) is 231 cm³/mol. The average molecular weight is 736 g/mol. The summed E-state index contributed by atoms with van der Waals surface area (Å²) in [6, 6.07) is 57.7. The highest BCUT2D eigenvalue weighted by atomic mass is 16.5. The number of aromatic nitrogens is 6. The van der Waals surface area contributed by atoms with Gasteiger partial charge in [0.1, 0.15) is 23.0 Å². The van der Waals surface area contributed by atoms with Crippen LogP contribution in [-0.2, 0) is 14.1 Å². The molecule has 7 nitrogen and oxygen atoms in total. The van der Waals surface area contributed by atoms with Crippen molar-refractivity contribution >= 4 is 76.5 Å². The molecule has 270 valence electrons. The van der Waals surface area contributed by atoms with E-state index < -0.39 is 0 Å². The van der Waals surface area contributed by atoms with Gasteiger partial charge in [0, 0.05) is 75.8 Å². The van der Waals surface area contributed by atoms with Crippen LogP contribution in [0.5, 0.6) is 11.5 Å². The van der Waals surface area contributed by atoms with E-state index in [0.717, 1.165) is 56.1 Å². The first-order chi connectivity index (χ1) is 28.1. The van der Waals surface area contributed by atoms with Crippen molar-refractivity contribution in [1.29, 1.82) is 0 Å². The van der Waals surface area contributed by atoms with Crippen LogP contribution in [0, 0.1) is 0 Å². The zero-order valence-corrected chi connectivity index (χ0v) is 31.3. The first-order valence-corrected chi connectivity index (χ1v) is 19.2. The number of para-hydroxylation sites is 5. The lowest BCUT2D eigenvalue weighted by atomic mass is 10.1. The van der Waals surface area contributed by atoms with E-state index in [1.165, 1.54) is 49.0 Å². The van der Waals surface area contributed by atoms with E-state index in [1.807, 2.05) is 30.5 Å². The van der Waals surface area contributed by atoms with Crippen molar-refractivity contribution in [2.75, 3.05) is 0 Å². The Morgan fingerprint density at radius 2 is 1.07 bits per heavy atom. The van der Waals surface area contributed by atoms with Gasteiger partial charge < -0.3 is 13.9 Å². The molecule has 0 aliphatic rings. The third kappa shape index (κ3) is 4.54.